The number of halogens is 2. The van der Waals surface area contributed by atoms with Gasteiger partial charge in [-0.3, -0.25) is 10.1 Å². The SMILES string of the molecule is CN(C)c1nc(Cl)nc(Oc2ccc(Br)cc2[N+](=O)[O-])n1. The van der Waals surface area contributed by atoms with Crippen molar-refractivity contribution in [3.8, 4) is 11.8 Å². The van der Waals surface area contributed by atoms with Crippen LogP contribution in [-0.4, -0.2) is 34.0 Å². The molecular formula is C11H9BrClN5O3. The Morgan fingerprint density at radius 3 is 2.67 bits per heavy atom. The molecule has 0 atom stereocenters. The summed E-state index contributed by atoms with van der Waals surface area (Å²) >= 11 is 8.94. The van der Waals surface area contributed by atoms with Crippen molar-refractivity contribution >= 4 is 39.2 Å². The number of nitro groups is 1. The van der Waals surface area contributed by atoms with Crippen molar-refractivity contribution < 1.29 is 9.66 Å². The highest BCUT2D eigenvalue weighted by molar-refractivity contribution is 9.10. The Morgan fingerprint density at radius 2 is 2.05 bits per heavy atom. The summed E-state index contributed by atoms with van der Waals surface area (Å²) in [6.45, 7) is 0. The summed E-state index contributed by atoms with van der Waals surface area (Å²) in [6.07, 6.45) is 0. The van der Waals surface area contributed by atoms with E-state index in [0.717, 1.165) is 0 Å². The van der Waals surface area contributed by atoms with E-state index in [9.17, 15) is 10.1 Å². The van der Waals surface area contributed by atoms with E-state index in [4.69, 9.17) is 16.3 Å². The van der Waals surface area contributed by atoms with E-state index in [2.05, 4.69) is 30.9 Å². The first kappa shape index (κ1) is 15.4. The van der Waals surface area contributed by atoms with Crippen LogP contribution in [0.25, 0.3) is 0 Å². The smallest absolute Gasteiger partial charge is 0.328 e. The number of nitro benzene ring substituents is 1. The molecule has 0 unspecified atom stereocenters. The first-order valence-electron chi connectivity index (χ1n) is 5.57. The predicted molar refractivity (Wildman–Crippen MR) is 80.0 cm³/mol. The van der Waals surface area contributed by atoms with Crippen molar-refractivity contribution in [3.63, 3.8) is 0 Å². The van der Waals surface area contributed by atoms with Gasteiger partial charge in [0.1, 0.15) is 0 Å². The highest BCUT2D eigenvalue weighted by Gasteiger charge is 2.18. The highest BCUT2D eigenvalue weighted by atomic mass is 79.9. The van der Waals surface area contributed by atoms with Crippen molar-refractivity contribution in [1.82, 2.24) is 15.0 Å². The van der Waals surface area contributed by atoms with Gasteiger partial charge in [0.2, 0.25) is 17.0 Å². The van der Waals surface area contributed by atoms with Gasteiger partial charge in [-0.1, -0.05) is 15.9 Å². The minimum Gasteiger partial charge on any atom is -0.417 e. The van der Waals surface area contributed by atoms with Crippen LogP contribution in [-0.2, 0) is 0 Å². The third-order valence-electron chi connectivity index (χ3n) is 2.29. The second kappa shape index (κ2) is 6.19. The molecule has 0 spiro atoms. The van der Waals surface area contributed by atoms with Crippen molar-refractivity contribution in [2.24, 2.45) is 0 Å². The number of aromatic nitrogens is 3. The Labute approximate surface area is 133 Å². The minimum atomic E-state index is -0.560. The van der Waals surface area contributed by atoms with Gasteiger partial charge in [-0.15, -0.1) is 0 Å². The number of anilines is 1. The Kier molecular flexibility index (Phi) is 4.53. The lowest BCUT2D eigenvalue weighted by atomic mass is 10.3. The van der Waals surface area contributed by atoms with Crippen molar-refractivity contribution in [1.29, 1.82) is 0 Å². The van der Waals surface area contributed by atoms with E-state index in [1.165, 1.54) is 12.1 Å². The summed E-state index contributed by atoms with van der Waals surface area (Å²) in [5, 5.41) is 11.0. The van der Waals surface area contributed by atoms with Gasteiger partial charge in [0, 0.05) is 24.6 Å². The summed E-state index contributed by atoms with van der Waals surface area (Å²) in [5.41, 5.74) is -0.215. The normalized spacial score (nSPS) is 10.3. The molecule has 1 aromatic heterocycles. The number of rotatable bonds is 4. The van der Waals surface area contributed by atoms with Gasteiger partial charge in [0.15, 0.2) is 0 Å². The van der Waals surface area contributed by atoms with Gasteiger partial charge in [-0.05, 0) is 23.7 Å². The first-order chi connectivity index (χ1) is 9.86. The van der Waals surface area contributed by atoms with E-state index >= 15 is 0 Å². The molecule has 0 aliphatic heterocycles. The van der Waals surface area contributed by atoms with Crippen LogP contribution in [0.4, 0.5) is 11.6 Å². The highest BCUT2D eigenvalue weighted by Crippen LogP contribution is 2.32. The molecule has 0 amide bonds. The number of hydrogen-bond donors (Lipinski definition) is 0. The zero-order chi connectivity index (χ0) is 15.6. The molecule has 2 aromatic rings. The van der Waals surface area contributed by atoms with Gasteiger partial charge in [0.25, 0.3) is 0 Å². The van der Waals surface area contributed by atoms with Crippen LogP contribution in [0.2, 0.25) is 5.28 Å². The number of hydrogen-bond acceptors (Lipinski definition) is 7. The van der Waals surface area contributed by atoms with Crippen molar-refractivity contribution in [2.75, 3.05) is 19.0 Å². The summed E-state index contributed by atoms with van der Waals surface area (Å²) in [4.78, 5) is 23.8. The molecule has 110 valence electrons. The minimum absolute atomic E-state index is 0.00942. The third kappa shape index (κ3) is 3.76. The summed E-state index contributed by atoms with van der Waals surface area (Å²) in [5.74, 6) is 0.292. The molecule has 0 saturated heterocycles. The first-order valence-corrected chi connectivity index (χ1v) is 6.74. The molecule has 10 heteroatoms. The topological polar surface area (TPSA) is 94.3 Å². The van der Waals surface area contributed by atoms with Crippen LogP contribution >= 0.6 is 27.5 Å². The van der Waals surface area contributed by atoms with E-state index in [0.29, 0.717) is 4.47 Å². The number of nitrogens with zero attached hydrogens (tertiary/aromatic N) is 5. The summed E-state index contributed by atoms with van der Waals surface area (Å²) in [7, 11) is 3.44. The number of benzene rings is 1. The van der Waals surface area contributed by atoms with Crippen molar-refractivity contribution in [3.05, 3.63) is 38.1 Å². The van der Waals surface area contributed by atoms with Gasteiger partial charge in [-0.25, -0.2) is 0 Å². The van der Waals surface area contributed by atoms with E-state index in [1.807, 2.05) is 0 Å². The average molecular weight is 375 g/mol. The molecule has 8 nitrogen and oxygen atoms in total. The molecule has 0 aliphatic rings. The van der Waals surface area contributed by atoms with Crippen LogP contribution < -0.4 is 9.64 Å². The van der Waals surface area contributed by atoms with Crippen molar-refractivity contribution in [2.45, 2.75) is 0 Å². The molecule has 2 rings (SSSR count). The average Bonchev–Trinajstić information content (AvgIpc) is 2.40. The lowest BCUT2D eigenvalue weighted by molar-refractivity contribution is -0.385. The molecule has 1 heterocycles. The Bertz CT molecular complexity index is 698. The maximum atomic E-state index is 11.0. The lowest BCUT2D eigenvalue weighted by Gasteiger charge is -2.11. The lowest BCUT2D eigenvalue weighted by Crippen LogP contribution is -2.13. The molecule has 21 heavy (non-hydrogen) atoms. The zero-order valence-corrected chi connectivity index (χ0v) is 13.3. The standard InChI is InChI=1S/C11H9BrClN5O3/c1-17(2)10-14-9(13)15-11(16-10)21-8-4-3-6(12)5-7(8)18(19)20/h3-5H,1-2H3. The Morgan fingerprint density at radius 1 is 1.33 bits per heavy atom. The quantitative estimate of drug-likeness (QED) is 0.599. The fraction of sp³-hybridized carbons (Fsp3) is 0.182. The molecular weight excluding hydrogens is 366 g/mol. The van der Waals surface area contributed by atoms with Gasteiger partial charge < -0.3 is 9.64 Å². The van der Waals surface area contributed by atoms with Crippen LogP contribution in [0.15, 0.2) is 22.7 Å². The van der Waals surface area contributed by atoms with Crippen LogP contribution in [0.5, 0.6) is 11.8 Å². The van der Waals surface area contributed by atoms with E-state index in [-0.39, 0.29) is 28.7 Å². The third-order valence-corrected chi connectivity index (χ3v) is 2.96. The maximum absolute atomic E-state index is 11.0. The van der Waals surface area contributed by atoms with E-state index in [1.54, 1.807) is 25.1 Å². The molecule has 1 aromatic carbocycles. The van der Waals surface area contributed by atoms with Gasteiger partial charge >= 0.3 is 11.7 Å². The largest absolute Gasteiger partial charge is 0.417 e. The molecule has 0 N–H and O–H groups in total. The second-order valence-corrected chi connectivity index (χ2v) is 5.31. The summed E-state index contributed by atoms with van der Waals surface area (Å²) in [6, 6.07) is 4.25. The molecule has 0 saturated carbocycles. The number of ether oxygens (including phenoxy) is 1. The van der Waals surface area contributed by atoms with Gasteiger partial charge in [-0.2, -0.15) is 15.0 Å². The van der Waals surface area contributed by atoms with Crippen LogP contribution in [0.1, 0.15) is 0 Å². The predicted octanol–water partition coefficient (Wildman–Crippen LogP) is 3.05. The monoisotopic (exact) mass is 373 g/mol. The molecule has 0 fully saturated rings. The molecule has 0 aliphatic carbocycles. The zero-order valence-electron chi connectivity index (χ0n) is 10.9. The second-order valence-electron chi connectivity index (χ2n) is 4.05. The van der Waals surface area contributed by atoms with Crippen LogP contribution in [0.3, 0.4) is 0 Å². The Hall–Kier alpha value is -2.00. The van der Waals surface area contributed by atoms with E-state index < -0.39 is 4.92 Å². The maximum Gasteiger partial charge on any atom is 0.328 e. The van der Waals surface area contributed by atoms with Crippen LogP contribution in [0, 0.1) is 10.1 Å². The molecule has 0 radical (unpaired) electrons. The Balaban J connectivity index is 2.41. The molecule has 0 bridgehead atoms. The summed E-state index contributed by atoms with van der Waals surface area (Å²) < 4.78 is 5.92. The fourth-order valence-electron chi connectivity index (χ4n) is 1.39. The van der Waals surface area contributed by atoms with Gasteiger partial charge in [0.05, 0.1) is 4.92 Å². The fourth-order valence-corrected chi connectivity index (χ4v) is 1.88.